The number of carbonyl (C=O) groups excluding carboxylic acids is 1. The van der Waals surface area contributed by atoms with Gasteiger partial charge in [0.2, 0.25) is 5.91 Å². The maximum Gasteiger partial charge on any atom is 0.255 e. The minimum Gasteiger partial charge on any atom is -0.378 e. The van der Waals surface area contributed by atoms with Crippen LogP contribution in [-0.2, 0) is 9.53 Å². The van der Waals surface area contributed by atoms with Crippen LogP contribution in [0.15, 0.2) is 0 Å². The number of alkyl halides is 2. The first-order chi connectivity index (χ1) is 8.13. The molecule has 1 saturated heterocycles. The van der Waals surface area contributed by atoms with E-state index in [-0.39, 0.29) is 30.8 Å². The normalized spacial score (nSPS) is 19.4. The number of rotatable bonds is 6. The zero-order valence-electron chi connectivity index (χ0n) is 10.5. The first-order valence-electron chi connectivity index (χ1n) is 6.00. The van der Waals surface area contributed by atoms with E-state index in [1.165, 1.54) is 4.90 Å². The van der Waals surface area contributed by atoms with Gasteiger partial charge in [0.1, 0.15) is 0 Å². The van der Waals surface area contributed by atoms with Crippen molar-refractivity contribution < 1.29 is 18.3 Å². The monoisotopic (exact) mass is 286 g/mol. The average molecular weight is 287 g/mol. The first-order valence-corrected chi connectivity index (χ1v) is 6.00. The lowest BCUT2D eigenvalue weighted by Crippen LogP contribution is -2.46. The third-order valence-electron chi connectivity index (χ3n) is 2.62. The number of carbonyl (C=O) groups is 1. The molecule has 0 aromatic rings. The van der Waals surface area contributed by atoms with E-state index in [9.17, 15) is 13.6 Å². The van der Waals surface area contributed by atoms with Crippen molar-refractivity contribution >= 4 is 18.3 Å². The summed E-state index contributed by atoms with van der Waals surface area (Å²) in [7, 11) is 0. The molecule has 1 fully saturated rings. The molecule has 1 heterocycles. The summed E-state index contributed by atoms with van der Waals surface area (Å²) in [4.78, 5) is 13.1. The van der Waals surface area contributed by atoms with Crippen LogP contribution in [0, 0.1) is 0 Å². The molecule has 7 heteroatoms. The molecule has 1 unspecified atom stereocenters. The van der Waals surface area contributed by atoms with Gasteiger partial charge >= 0.3 is 0 Å². The molecule has 1 amide bonds. The lowest BCUT2D eigenvalue weighted by molar-refractivity contribution is -0.134. The van der Waals surface area contributed by atoms with E-state index in [0.717, 1.165) is 0 Å². The lowest BCUT2D eigenvalue weighted by atomic mass is 10.1. The second-order valence-electron chi connectivity index (χ2n) is 4.16. The quantitative estimate of drug-likeness (QED) is 0.800. The summed E-state index contributed by atoms with van der Waals surface area (Å²) >= 11 is 0. The highest BCUT2D eigenvalue weighted by Gasteiger charge is 2.22. The number of ether oxygens (including phenoxy) is 1. The number of morpholine rings is 1. The highest BCUT2D eigenvalue weighted by Crippen LogP contribution is 2.06. The Morgan fingerprint density at radius 2 is 2.28 bits per heavy atom. The van der Waals surface area contributed by atoms with Crippen molar-refractivity contribution in [2.45, 2.75) is 32.2 Å². The maximum absolute atomic E-state index is 12.3. The third-order valence-corrected chi connectivity index (χ3v) is 2.62. The first kappa shape index (κ1) is 17.5. The van der Waals surface area contributed by atoms with E-state index in [1.54, 1.807) is 0 Å². The van der Waals surface area contributed by atoms with E-state index in [2.05, 4.69) is 5.32 Å². The van der Waals surface area contributed by atoms with Crippen molar-refractivity contribution in [1.29, 1.82) is 0 Å². The highest BCUT2D eigenvalue weighted by molar-refractivity contribution is 5.85. The standard InChI is InChI=1S/C11H20F2N2O2.ClH/c1-2-4-15(7-10(12)13)11(16)6-9-8-17-5-3-14-9;/h9-10,14H,2-8H2,1H3;1H. The highest BCUT2D eigenvalue weighted by atomic mass is 35.5. The molecule has 0 aliphatic carbocycles. The minimum atomic E-state index is -2.47. The second kappa shape index (κ2) is 9.47. The Kier molecular flexibility index (Phi) is 9.23. The summed E-state index contributed by atoms with van der Waals surface area (Å²) in [6.07, 6.45) is -1.55. The summed E-state index contributed by atoms with van der Waals surface area (Å²) in [5.74, 6) is -0.227. The maximum atomic E-state index is 12.3. The van der Waals surface area contributed by atoms with Crippen molar-refractivity contribution in [3.05, 3.63) is 0 Å². The molecule has 0 spiro atoms. The number of nitrogens with one attached hydrogen (secondary N) is 1. The molecule has 4 nitrogen and oxygen atoms in total. The molecule has 0 aromatic carbocycles. The number of amides is 1. The lowest BCUT2D eigenvalue weighted by Gasteiger charge is -2.27. The van der Waals surface area contributed by atoms with Crippen LogP contribution >= 0.6 is 12.4 Å². The molecule has 0 bridgehead atoms. The van der Waals surface area contributed by atoms with E-state index >= 15 is 0 Å². The Hall–Kier alpha value is -0.460. The molecule has 1 atom stereocenters. The molecule has 1 rings (SSSR count). The van der Waals surface area contributed by atoms with Gasteiger partial charge < -0.3 is 15.0 Å². The van der Waals surface area contributed by atoms with Gasteiger partial charge in [-0.15, -0.1) is 12.4 Å². The van der Waals surface area contributed by atoms with Crippen molar-refractivity contribution in [2.24, 2.45) is 0 Å². The predicted molar refractivity (Wildman–Crippen MR) is 67.3 cm³/mol. The molecule has 0 radical (unpaired) electrons. The minimum absolute atomic E-state index is 0. The smallest absolute Gasteiger partial charge is 0.255 e. The molecule has 1 aliphatic rings. The molecular weight excluding hydrogens is 266 g/mol. The summed E-state index contributed by atoms with van der Waals surface area (Å²) in [5, 5.41) is 3.14. The Morgan fingerprint density at radius 3 is 2.78 bits per heavy atom. The summed E-state index contributed by atoms with van der Waals surface area (Å²) in [6, 6.07) is -0.0479. The SMILES string of the molecule is CCCN(CC(F)F)C(=O)CC1COCCN1.Cl. The van der Waals surface area contributed by atoms with Gasteiger partial charge in [-0.1, -0.05) is 6.92 Å². The van der Waals surface area contributed by atoms with Crippen molar-refractivity contribution in [3.63, 3.8) is 0 Å². The topological polar surface area (TPSA) is 41.6 Å². The Labute approximate surface area is 112 Å². The Morgan fingerprint density at radius 1 is 1.56 bits per heavy atom. The van der Waals surface area contributed by atoms with Crippen LogP contribution in [0.4, 0.5) is 8.78 Å². The van der Waals surface area contributed by atoms with Crippen LogP contribution < -0.4 is 5.32 Å². The van der Waals surface area contributed by atoms with Crippen molar-refractivity contribution in [3.8, 4) is 0 Å². The third kappa shape index (κ3) is 6.47. The average Bonchev–Trinajstić information content (AvgIpc) is 2.29. The van der Waals surface area contributed by atoms with E-state index in [1.807, 2.05) is 6.92 Å². The van der Waals surface area contributed by atoms with Gasteiger partial charge in [-0.05, 0) is 6.42 Å². The van der Waals surface area contributed by atoms with Crippen LogP contribution in [-0.4, -0.2) is 56.1 Å². The van der Waals surface area contributed by atoms with Crippen LogP contribution in [0.1, 0.15) is 19.8 Å². The van der Waals surface area contributed by atoms with E-state index in [0.29, 0.717) is 32.7 Å². The molecule has 0 aromatic heterocycles. The van der Waals surface area contributed by atoms with E-state index < -0.39 is 13.0 Å². The zero-order valence-corrected chi connectivity index (χ0v) is 11.3. The van der Waals surface area contributed by atoms with Gasteiger partial charge in [0, 0.05) is 25.6 Å². The summed E-state index contributed by atoms with van der Waals surface area (Å²) in [6.45, 7) is 3.60. The molecule has 0 saturated carbocycles. The van der Waals surface area contributed by atoms with Crippen LogP contribution in [0.25, 0.3) is 0 Å². The Balaban J connectivity index is 0.00000289. The number of hydrogen-bond acceptors (Lipinski definition) is 3. The summed E-state index contributed by atoms with van der Waals surface area (Å²) < 4.78 is 29.8. The number of nitrogens with zero attached hydrogens (tertiary/aromatic N) is 1. The van der Waals surface area contributed by atoms with Gasteiger partial charge in [0.05, 0.1) is 19.8 Å². The number of hydrogen-bond donors (Lipinski definition) is 1. The predicted octanol–water partition coefficient (Wildman–Crippen LogP) is 1.29. The molecule has 108 valence electrons. The molecule has 1 N–H and O–H groups in total. The summed E-state index contributed by atoms with van der Waals surface area (Å²) in [5.41, 5.74) is 0. The zero-order chi connectivity index (χ0) is 12.7. The Bertz CT molecular complexity index is 239. The van der Waals surface area contributed by atoms with Crippen molar-refractivity contribution in [2.75, 3.05) is 32.8 Å². The van der Waals surface area contributed by atoms with Crippen LogP contribution in [0.5, 0.6) is 0 Å². The van der Waals surface area contributed by atoms with Gasteiger partial charge in [-0.3, -0.25) is 4.79 Å². The molecule has 18 heavy (non-hydrogen) atoms. The fourth-order valence-corrected chi connectivity index (χ4v) is 1.85. The fraction of sp³-hybridized carbons (Fsp3) is 0.909. The van der Waals surface area contributed by atoms with E-state index in [4.69, 9.17) is 4.74 Å². The van der Waals surface area contributed by atoms with Crippen molar-refractivity contribution in [1.82, 2.24) is 10.2 Å². The molecule has 1 aliphatic heterocycles. The fourth-order valence-electron chi connectivity index (χ4n) is 1.85. The van der Waals surface area contributed by atoms with Gasteiger partial charge in [-0.2, -0.15) is 0 Å². The number of halogens is 3. The second-order valence-corrected chi connectivity index (χ2v) is 4.16. The van der Waals surface area contributed by atoms with Crippen LogP contribution in [0.2, 0.25) is 0 Å². The van der Waals surface area contributed by atoms with Crippen LogP contribution in [0.3, 0.4) is 0 Å². The van der Waals surface area contributed by atoms with Gasteiger partial charge in [0.25, 0.3) is 6.43 Å². The van der Waals surface area contributed by atoms with Gasteiger partial charge in [0.15, 0.2) is 0 Å². The largest absolute Gasteiger partial charge is 0.378 e. The van der Waals surface area contributed by atoms with Gasteiger partial charge in [-0.25, -0.2) is 8.78 Å². The molecular formula is C11H21ClF2N2O2.